The van der Waals surface area contributed by atoms with Crippen LogP contribution in [-0.2, 0) is 0 Å². The number of carbonyl (C=O) groups excluding carboxylic acids is 2. The van der Waals surface area contributed by atoms with Gasteiger partial charge >= 0.3 is 0 Å². The maximum Gasteiger partial charge on any atom is 0.261 e. The zero-order valence-corrected chi connectivity index (χ0v) is 23.7. The molecule has 1 aliphatic rings. The molecule has 7 nitrogen and oxygen atoms in total. The zero-order chi connectivity index (χ0) is 27.4. The second-order valence-corrected chi connectivity index (χ2v) is 10.3. The number of nitrogens with one attached hydrogen (secondary N) is 2. The number of anilines is 2. The van der Waals surface area contributed by atoms with Gasteiger partial charge in [-0.2, -0.15) is 0 Å². The van der Waals surface area contributed by atoms with Gasteiger partial charge in [-0.15, -0.1) is 0 Å². The molecule has 0 aliphatic carbocycles. The zero-order valence-electron chi connectivity index (χ0n) is 21.3. The monoisotopic (exact) mass is 602 g/mol. The molecule has 1 aliphatic heterocycles. The van der Waals surface area contributed by atoms with Crippen LogP contribution in [0.15, 0.2) is 89.4 Å². The fraction of sp³-hybridized carbons (Fsp3) is 0.167. The molecule has 4 aromatic carbocycles. The Kier molecular flexibility index (Phi) is 8.09. The lowest BCUT2D eigenvalue weighted by Gasteiger charge is -2.36. The van der Waals surface area contributed by atoms with Crippen molar-refractivity contribution in [1.29, 1.82) is 0 Å². The molecule has 2 amide bonds. The van der Waals surface area contributed by atoms with Gasteiger partial charge in [0.2, 0.25) is 0 Å². The van der Waals surface area contributed by atoms with Crippen molar-refractivity contribution in [3.63, 3.8) is 0 Å². The van der Waals surface area contributed by atoms with E-state index in [2.05, 4.69) is 31.5 Å². The molecule has 1 saturated heterocycles. The fourth-order valence-electron chi connectivity index (χ4n) is 4.67. The minimum atomic E-state index is -0.365. The lowest BCUT2D eigenvalue weighted by Crippen LogP contribution is -2.48. The summed E-state index contributed by atoms with van der Waals surface area (Å²) in [6, 6.07) is 26.8. The minimum absolute atomic E-state index is 0.0685. The van der Waals surface area contributed by atoms with E-state index in [1.807, 2.05) is 83.8 Å². The molecule has 0 radical (unpaired) electrons. The van der Waals surface area contributed by atoms with E-state index < -0.39 is 0 Å². The molecule has 1 heterocycles. The maximum atomic E-state index is 13.1. The molecule has 39 heavy (non-hydrogen) atoms. The molecule has 2 N–H and O–H groups in total. The Morgan fingerprint density at radius 2 is 1.56 bits per heavy atom. The predicted molar refractivity (Wildman–Crippen MR) is 163 cm³/mol. The SMILES string of the molecule is COc1c(C(=O)NC(=S)Nc2ccc(N3CCN(C(=O)c4ccccc4)CC3)cc2)cc2ccccc2c1Br. The number of hydrogen-bond donors (Lipinski definition) is 2. The number of hydrogen-bond acceptors (Lipinski definition) is 5. The molecule has 0 bridgehead atoms. The van der Waals surface area contributed by atoms with E-state index in [1.54, 1.807) is 6.07 Å². The molecule has 0 aromatic heterocycles. The first-order chi connectivity index (χ1) is 18.9. The second-order valence-electron chi connectivity index (χ2n) is 9.09. The predicted octanol–water partition coefficient (Wildman–Crippen LogP) is 5.70. The maximum absolute atomic E-state index is 13.1. The third-order valence-corrected chi connectivity index (χ3v) is 7.69. The molecule has 0 spiro atoms. The van der Waals surface area contributed by atoms with Crippen molar-refractivity contribution >= 4 is 67.2 Å². The van der Waals surface area contributed by atoms with Gasteiger partial charge in [0.25, 0.3) is 11.8 Å². The van der Waals surface area contributed by atoms with E-state index >= 15 is 0 Å². The van der Waals surface area contributed by atoms with Crippen LogP contribution >= 0.6 is 28.1 Å². The molecule has 1 fully saturated rings. The molecule has 0 unspecified atom stereocenters. The van der Waals surface area contributed by atoms with Crippen LogP contribution in [0.3, 0.4) is 0 Å². The van der Waals surface area contributed by atoms with E-state index in [0.29, 0.717) is 28.9 Å². The second kappa shape index (κ2) is 11.8. The summed E-state index contributed by atoms with van der Waals surface area (Å²) in [6.07, 6.45) is 0. The van der Waals surface area contributed by atoms with Gasteiger partial charge in [-0.25, -0.2) is 0 Å². The summed E-state index contributed by atoms with van der Waals surface area (Å²) in [5, 5.41) is 7.88. The van der Waals surface area contributed by atoms with Crippen LogP contribution in [0.5, 0.6) is 5.75 Å². The summed E-state index contributed by atoms with van der Waals surface area (Å²) in [7, 11) is 1.53. The lowest BCUT2D eigenvalue weighted by molar-refractivity contribution is 0.0746. The Morgan fingerprint density at radius 3 is 2.26 bits per heavy atom. The van der Waals surface area contributed by atoms with Crippen molar-refractivity contribution < 1.29 is 14.3 Å². The number of thiocarbonyl (C=S) groups is 1. The van der Waals surface area contributed by atoms with Gasteiger partial charge in [-0.05, 0) is 81.4 Å². The first kappa shape index (κ1) is 26.6. The standard InChI is InChI=1S/C30H27BrN4O3S/c1-38-27-25(19-21-9-5-6-10-24(21)26(27)31)28(36)33-30(39)32-22-11-13-23(14-12-22)34-15-17-35(18-16-34)29(37)20-7-3-2-4-8-20/h2-14,19H,15-18H2,1H3,(H2,32,33,36,39). The number of piperazine rings is 1. The number of methoxy groups -OCH3 is 1. The van der Waals surface area contributed by atoms with Crippen molar-refractivity contribution in [2.75, 3.05) is 43.5 Å². The fourth-order valence-corrected chi connectivity index (χ4v) is 5.62. The lowest BCUT2D eigenvalue weighted by atomic mass is 10.1. The summed E-state index contributed by atoms with van der Waals surface area (Å²) in [6.45, 7) is 2.84. The van der Waals surface area contributed by atoms with E-state index in [1.165, 1.54) is 7.11 Å². The van der Waals surface area contributed by atoms with Gasteiger partial charge in [0.1, 0.15) is 5.75 Å². The normalized spacial score (nSPS) is 13.2. The molecular formula is C30H27BrN4O3S. The first-order valence-electron chi connectivity index (χ1n) is 12.5. The summed E-state index contributed by atoms with van der Waals surface area (Å²) in [5.41, 5.74) is 2.92. The van der Waals surface area contributed by atoms with Gasteiger partial charge < -0.3 is 19.9 Å². The number of fused-ring (bicyclic) bond motifs is 1. The number of halogens is 1. The van der Waals surface area contributed by atoms with Crippen LogP contribution in [0, 0.1) is 0 Å². The summed E-state index contributed by atoms with van der Waals surface area (Å²) in [4.78, 5) is 29.9. The van der Waals surface area contributed by atoms with Gasteiger partial charge in [0, 0.05) is 43.1 Å². The van der Waals surface area contributed by atoms with Crippen LogP contribution < -0.4 is 20.3 Å². The molecule has 4 aromatic rings. The number of ether oxygens (including phenoxy) is 1. The van der Waals surface area contributed by atoms with E-state index in [9.17, 15) is 9.59 Å². The van der Waals surface area contributed by atoms with Crippen LogP contribution in [-0.4, -0.2) is 55.1 Å². The van der Waals surface area contributed by atoms with Crippen molar-refractivity contribution in [1.82, 2.24) is 10.2 Å². The van der Waals surface area contributed by atoms with Crippen molar-refractivity contribution in [3.8, 4) is 5.75 Å². The average Bonchev–Trinajstić information content (AvgIpc) is 2.97. The van der Waals surface area contributed by atoms with Crippen LogP contribution in [0.1, 0.15) is 20.7 Å². The van der Waals surface area contributed by atoms with E-state index in [0.717, 1.165) is 40.8 Å². The number of carbonyl (C=O) groups is 2. The van der Waals surface area contributed by atoms with Gasteiger partial charge in [0.15, 0.2) is 5.11 Å². The van der Waals surface area contributed by atoms with Crippen LogP contribution in [0.2, 0.25) is 0 Å². The van der Waals surface area contributed by atoms with Gasteiger partial charge in [-0.3, -0.25) is 14.9 Å². The van der Waals surface area contributed by atoms with Crippen LogP contribution in [0.25, 0.3) is 10.8 Å². The van der Waals surface area contributed by atoms with Crippen LogP contribution in [0.4, 0.5) is 11.4 Å². The Hall–Kier alpha value is -3.95. The summed E-state index contributed by atoms with van der Waals surface area (Å²) >= 11 is 8.98. The van der Waals surface area contributed by atoms with Crippen molar-refractivity contribution in [2.45, 2.75) is 0 Å². The van der Waals surface area contributed by atoms with E-state index in [4.69, 9.17) is 17.0 Å². The third-order valence-electron chi connectivity index (χ3n) is 6.69. The number of nitrogens with zero attached hydrogens (tertiary/aromatic N) is 2. The highest BCUT2D eigenvalue weighted by Crippen LogP contribution is 2.36. The Morgan fingerprint density at radius 1 is 0.897 bits per heavy atom. The third kappa shape index (κ3) is 5.89. The average molecular weight is 604 g/mol. The number of amides is 2. The quantitative estimate of drug-likeness (QED) is 0.285. The highest BCUT2D eigenvalue weighted by atomic mass is 79.9. The van der Waals surface area contributed by atoms with Crippen molar-refractivity contribution in [3.05, 3.63) is 101 Å². The Labute approximate surface area is 240 Å². The van der Waals surface area contributed by atoms with Crippen molar-refractivity contribution in [2.24, 2.45) is 0 Å². The van der Waals surface area contributed by atoms with Gasteiger partial charge in [0.05, 0.1) is 17.1 Å². The minimum Gasteiger partial charge on any atom is -0.495 e. The summed E-state index contributed by atoms with van der Waals surface area (Å²) in [5.74, 6) is 0.151. The highest BCUT2D eigenvalue weighted by Gasteiger charge is 2.22. The largest absolute Gasteiger partial charge is 0.495 e. The summed E-state index contributed by atoms with van der Waals surface area (Å²) < 4.78 is 6.24. The number of rotatable bonds is 5. The number of benzene rings is 4. The van der Waals surface area contributed by atoms with E-state index in [-0.39, 0.29) is 16.9 Å². The molecular weight excluding hydrogens is 576 g/mol. The first-order valence-corrected chi connectivity index (χ1v) is 13.7. The molecule has 5 rings (SSSR count). The Bertz CT molecular complexity index is 1520. The molecule has 9 heteroatoms. The molecule has 198 valence electrons. The smallest absolute Gasteiger partial charge is 0.261 e. The molecule has 0 saturated carbocycles. The van der Waals surface area contributed by atoms with Gasteiger partial charge in [-0.1, -0.05) is 42.5 Å². The topological polar surface area (TPSA) is 73.9 Å². The molecule has 0 atom stereocenters. The Balaban J connectivity index is 1.18. The highest BCUT2D eigenvalue weighted by molar-refractivity contribution is 9.10.